The quantitative estimate of drug-likeness (QED) is 0.635. The molecular formula is C17H14N4. The summed E-state index contributed by atoms with van der Waals surface area (Å²) in [7, 11) is 1.75. The molecule has 0 saturated carbocycles. The Balaban J connectivity index is 2.91. The Kier molecular flexibility index (Phi) is 4.02. The van der Waals surface area contributed by atoms with Gasteiger partial charge in [0.25, 0.3) is 0 Å². The van der Waals surface area contributed by atoms with Gasteiger partial charge in [-0.15, -0.1) is 0 Å². The van der Waals surface area contributed by atoms with Gasteiger partial charge in [0.15, 0.2) is 0 Å². The van der Waals surface area contributed by atoms with E-state index in [0.717, 1.165) is 16.5 Å². The van der Waals surface area contributed by atoms with Crippen LogP contribution in [0.5, 0.6) is 0 Å². The van der Waals surface area contributed by atoms with Crippen molar-refractivity contribution in [3.8, 4) is 12.1 Å². The fourth-order valence-electron chi connectivity index (χ4n) is 2.38. The first-order chi connectivity index (χ1) is 10.2. The molecule has 0 fully saturated rings. The number of allylic oxidation sites excluding steroid dienone is 1. The van der Waals surface area contributed by atoms with Crippen LogP contribution in [0.4, 0.5) is 0 Å². The Morgan fingerprint density at radius 3 is 2.43 bits per heavy atom. The minimum Gasteiger partial charge on any atom is -0.269 e. The van der Waals surface area contributed by atoms with Gasteiger partial charge in [-0.3, -0.25) is 5.01 Å². The third kappa shape index (κ3) is 2.35. The van der Waals surface area contributed by atoms with Crippen molar-refractivity contribution in [2.24, 2.45) is 5.10 Å². The Morgan fingerprint density at radius 2 is 1.90 bits per heavy atom. The average Bonchev–Trinajstić information content (AvgIpc) is 2.54. The first-order valence-electron chi connectivity index (χ1n) is 6.40. The number of rotatable bonds is 3. The van der Waals surface area contributed by atoms with Crippen molar-refractivity contribution in [1.82, 2.24) is 5.01 Å². The van der Waals surface area contributed by atoms with Gasteiger partial charge in [-0.1, -0.05) is 30.3 Å². The summed E-state index contributed by atoms with van der Waals surface area (Å²) in [6, 6.07) is 13.6. The molecule has 0 aliphatic carbocycles. The van der Waals surface area contributed by atoms with E-state index in [4.69, 9.17) is 0 Å². The maximum Gasteiger partial charge on any atom is 0.100 e. The van der Waals surface area contributed by atoms with Crippen LogP contribution in [-0.2, 0) is 0 Å². The van der Waals surface area contributed by atoms with Gasteiger partial charge in [0, 0.05) is 30.1 Å². The lowest BCUT2D eigenvalue weighted by atomic mass is 9.94. The summed E-state index contributed by atoms with van der Waals surface area (Å²) in [5.74, 6) is 0. The molecular weight excluding hydrogens is 260 g/mol. The highest BCUT2D eigenvalue weighted by molar-refractivity contribution is 5.96. The number of fused-ring (bicyclic) bond motifs is 1. The van der Waals surface area contributed by atoms with Crippen molar-refractivity contribution in [2.45, 2.75) is 6.92 Å². The lowest BCUT2D eigenvalue weighted by molar-refractivity contribution is 0.521. The second-order valence-electron chi connectivity index (χ2n) is 4.45. The first kappa shape index (κ1) is 14.3. The van der Waals surface area contributed by atoms with E-state index in [1.807, 2.05) is 37.3 Å². The van der Waals surface area contributed by atoms with Gasteiger partial charge in [0.2, 0.25) is 0 Å². The fraction of sp³-hybridized carbons (Fsp3) is 0.118. The number of nitrogens with zero attached hydrogens (tertiary/aromatic N) is 4. The third-order valence-corrected chi connectivity index (χ3v) is 3.39. The number of nitriles is 2. The van der Waals surface area contributed by atoms with Gasteiger partial charge in [-0.05, 0) is 13.0 Å². The molecule has 0 amide bonds. The topological polar surface area (TPSA) is 63.2 Å². The number of hydrazone groups is 1. The molecule has 0 bridgehead atoms. The van der Waals surface area contributed by atoms with E-state index in [2.05, 4.69) is 24.0 Å². The Morgan fingerprint density at radius 1 is 1.24 bits per heavy atom. The molecule has 21 heavy (non-hydrogen) atoms. The summed E-state index contributed by atoms with van der Waals surface area (Å²) in [5, 5.41) is 25.9. The van der Waals surface area contributed by atoms with E-state index in [1.54, 1.807) is 18.1 Å². The monoisotopic (exact) mass is 274 g/mol. The summed E-state index contributed by atoms with van der Waals surface area (Å²) < 4.78 is 0. The molecule has 0 aliphatic rings. The molecule has 0 unspecified atom stereocenters. The van der Waals surface area contributed by atoms with Crippen molar-refractivity contribution < 1.29 is 0 Å². The van der Waals surface area contributed by atoms with Gasteiger partial charge < -0.3 is 0 Å². The maximum absolute atomic E-state index is 9.55. The maximum atomic E-state index is 9.55. The minimum atomic E-state index is 0.535. The SMILES string of the molecule is C=NN(C)/C(=C\C)c1cc(C#N)c2ccccc2c1C#N. The van der Waals surface area contributed by atoms with Crippen LogP contribution in [-0.4, -0.2) is 18.8 Å². The fourth-order valence-corrected chi connectivity index (χ4v) is 2.38. The van der Waals surface area contributed by atoms with Gasteiger partial charge in [0.1, 0.15) is 6.07 Å². The van der Waals surface area contributed by atoms with Crippen molar-refractivity contribution in [1.29, 1.82) is 10.5 Å². The largest absolute Gasteiger partial charge is 0.269 e. The second-order valence-corrected chi connectivity index (χ2v) is 4.45. The van der Waals surface area contributed by atoms with Crippen LogP contribution in [0, 0.1) is 22.7 Å². The van der Waals surface area contributed by atoms with Gasteiger partial charge in [0.05, 0.1) is 22.9 Å². The van der Waals surface area contributed by atoms with E-state index >= 15 is 0 Å². The van der Waals surface area contributed by atoms with E-state index in [-0.39, 0.29) is 0 Å². The predicted molar refractivity (Wildman–Crippen MR) is 84.3 cm³/mol. The summed E-state index contributed by atoms with van der Waals surface area (Å²) in [6.45, 7) is 5.36. The molecule has 4 heteroatoms. The van der Waals surface area contributed by atoms with Gasteiger partial charge in [-0.25, -0.2) is 0 Å². The van der Waals surface area contributed by atoms with E-state index < -0.39 is 0 Å². The van der Waals surface area contributed by atoms with Crippen LogP contribution in [0.1, 0.15) is 23.6 Å². The molecule has 0 aromatic heterocycles. The van der Waals surface area contributed by atoms with Crippen molar-refractivity contribution in [3.63, 3.8) is 0 Å². The van der Waals surface area contributed by atoms with E-state index in [9.17, 15) is 10.5 Å². The van der Waals surface area contributed by atoms with Crippen LogP contribution in [0.15, 0.2) is 41.5 Å². The predicted octanol–water partition coefficient (Wildman–Crippen LogP) is 3.49. The lowest BCUT2D eigenvalue weighted by Crippen LogP contribution is -2.10. The summed E-state index contributed by atoms with van der Waals surface area (Å²) in [6.07, 6.45) is 1.85. The molecule has 0 aliphatic heterocycles. The Hall–Kier alpha value is -3.11. The first-order valence-corrected chi connectivity index (χ1v) is 6.40. The van der Waals surface area contributed by atoms with Gasteiger partial charge in [-0.2, -0.15) is 15.6 Å². The van der Waals surface area contributed by atoms with Crippen LogP contribution in [0.25, 0.3) is 16.5 Å². The van der Waals surface area contributed by atoms with Crippen molar-refractivity contribution in [3.05, 3.63) is 53.1 Å². The van der Waals surface area contributed by atoms with E-state index in [0.29, 0.717) is 16.7 Å². The molecule has 102 valence electrons. The number of benzene rings is 2. The zero-order chi connectivity index (χ0) is 15.4. The van der Waals surface area contributed by atoms with Crippen LogP contribution in [0.3, 0.4) is 0 Å². The molecule has 0 radical (unpaired) electrons. The second kappa shape index (κ2) is 5.90. The normalized spacial score (nSPS) is 10.8. The lowest BCUT2D eigenvalue weighted by Gasteiger charge is -2.19. The Labute approximate surface area is 123 Å². The molecule has 0 atom stereocenters. The highest BCUT2D eigenvalue weighted by Gasteiger charge is 2.16. The highest BCUT2D eigenvalue weighted by Crippen LogP contribution is 2.31. The van der Waals surface area contributed by atoms with Crippen molar-refractivity contribution >= 4 is 23.2 Å². The molecule has 0 heterocycles. The molecule has 2 aromatic carbocycles. The minimum absolute atomic E-state index is 0.535. The zero-order valence-electron chi connectivity index (χ0n) is 12.0. The average molecular weight is 274 g/mol. The smallest absolute Gasteiger partial charge is 0.100 e. The summed E-state index contributed by atoms with van der Waals surface area (Å²) >= 11 is 0. The summed E-state index contributed by atoms with van der Waals surface area (Å²) in [5.41, 5.74) is 2.50. The molecule has 2 aromatic rings. The molecule has 0 saturated heterocycles. The van der Waals surface area contributed by atoms with Crippen molar-refractivity contribution in [2.75, 3.05) is 7.05 Å². The highest BCUT2D eigenvalue weighted by atomic mass is 15.4. The zero-order valence-corrected chi connectivity index (χ0v) is 12.0. The molecule has 4 nitrogen and oxygen atoms in total. The molecule has 0 spiro atoms. The van der Waals surface area contributed by atoms with Crippen LogP contribution >= 0.6 is 0 Å². The number of hydrogen-bond donors (Lipinski definition) is 0. The van der Waals surface area contributed by atoms with Crippen LogP contribution in [0.2, 0.25) is 0 Å². The van der Waals surface area contributed by atoms with E-state index in [1.165, 1.54) is 0 Å². The van der Waals surface area contributed by atoms with Gasteiger partial charge >= 0.3 is 0 Å². The summed E-state index contributed by atoms with van der Waals surface area (Å²) in [4.78, 5) is 0. The molecule has 0 N–H and O–H groups in total. The Bertz CT molecular complexity index is 819. The van der Waals surface area contributed by atoms with Crippen LogP contribution < -0.4 is 0 Å². The number of hydrogen-bond acceptors (Lipinski definition) is 4. The molecule has 2 rings (SSSR count). The third-order valence-electron chi connectivity index (χ3n) is 3.39. The standard InChI is InChI=1S/C17H14N4/c1-4-17(21(3)20-2)15-9-12(10-18)13-7-5-6-8-14(13)16(15)11-19/h4-9H,2H2,1,3H3/b17-4-.